The van der Waals surface area contributed by atoms with E-state index in [2.05, 4.69) is 38.2 Å². The third-order valence-electron chi connectivity index (χ3n) is 5.72. The molecule has 0 spiro atoms. The average molecular weight is 460 g/mol. The molecule has 0 heterocycles. The molecule has 1 amide bonds. The summed E-state index contributed by atoms with van der Waals surface area (Å²) in [6, 6.07) is 2.41. The highest BCUT2D eigenvalue weighted by atomic mass is 19.4. The molecule has 0 saturated carbocycles. The van der Waals surface area contributed by atoms with Crippen LogP contribution in [0.15, 0.2) is 76.9 Å². The Hall–Kier alpha value is -3.02. The largest absolute Gasteiger partial charge is 0.506 e. The van der Waals surface area contributed by atoms with E-state index in [-0.39, 0.29) is 11.1 Å². The first-order chi connectivity index (χ1) is 15.3. The molecule has 1 aliphatic carbocycles. The fourth-order valence-corrected chi connectivity index (χ4v) is 3.87. The van der Waals surface area contributed by atoms with Crippen molar-refractivity contribution in [3.05, 3.63) is 82.5 Å². The minimum absolute atomic E-state index is 0.0860. The highest BCUT2D eigenvalue weighted by Crippen LogP contribution is 2.40. The van der Waals surface area contributed by atoms with Crippen molar-refractivity contribution in [1.29, 1.82) is 0 Å². The van der Waals surface area contributed by atoms with Crippen LogP contribution in [0.3, 0.4) is 0 Å². The lowest BCUT2D eigenvalue weighted by atomic mass is 9.72. The molecule has 2 N–H and O–H groups in total. The number of phenols is 1. The van der Waals surface area contributed by atoms with Gasteiger partial charge in [-0.25, -0.2) is 0 Å². The zero-order valence-corrected chi connectivity index (χ0v) is 19.8. The maximum atomic E-state index is 12.7. The summed E-state index contributed by atoms with van der Waals surface area (Å²) in [6.07, 6.45) is 10.1. The summed E-state index contributed by atoms with van der Waals surface area (Å²) < 4.78 is 38.0. The minimum atomic E-state index is -4.56. The predicted octanol–water partition coefficient (Wildman–Crippen LogP) is 7.88. The second-order valence-corrected chi connectivity index (χ2v) is 9.14. The van der Waals surface area contributed by atoms with Crippen molar-refractivity contribution in [1.82, 2.24) is 0 Å². The Bertz CT molecular complexity index is 1040. The van der Waals surface area contributed by atoms with E-state index < -0.39 is 23.4 Å². The number of alkyl halides is 3. The summed E-state index contributed by atoms with van der Waals surface area (Å²) in [4.78, 5) is 12.1. The van der Waals surface area contributed by atoms with Crippen LogP contribution in [0.5, 0.6) is 5.75 Å². The molecule has 0 unspecified atom stereocenters. The normalized spacial score (nSPS) is 17.8. The third kappa shape index (κ3) is 7.81. The number of carbonyl (C=O) groups is 1. The average Bonchev–Trinajstić information content (AvgIpc) is 2.67. The van der Waals surface area contributed by atoms with Crippen molar-refractivity contribution in [2.24, 2.45) is 5.41 Å². The second-order valence-electron chi connectivity index (χ2n) is 9.14. The van der Waals surface area contributed by atoms with Crippen LogP contribution in [0.2, 0.25) is 0 Å². The summed E-state index contributed by atoms with van der Waals surface area (Å²) in [6.45, 7) is 10.5. The quantitative estimate of drug-likeness (QED) is 0.258. The number of aromatic hydroxyl groups is 1. The summed E-state index contributed by atoms with van der Waals surface area (Å²) in [5.41, 5.74) is 3.67. The topological polar surface area (TPSA) is 49.3 Å². The predicted molar refractivity (Wildman–Crippen MR) is 128 cm³/mol. The maximum absolute atomic E-state index is 12.7. The van der Waals surface area contributed by atoms with Gasteiger partial charge in [0.05, 0.1) is 11.3 Å². The molecule has 1 aromatic rings. The Morgan fingerprint density at radius 3 is 2.45 bits per heavy atom. The number of hydrogen-bond donors (Lipinski definition) is 2. The first-order valence-corrected chi connectivity index (χ1v) is 10.9. The van der Waals surface area contributed by atoms with Gasteiger partial charge in [0.15, 0.2) is 0 Å². The number of amides is 1. The Balaban J connectivity index is 2.00. The van der Waals surface area contributed by atoms with Crippen molar-refractivity contribution in [2.45, 2.75) is 60.1 Å². The molecular weight excluding hydrogens is 427 g/mol. The summed E-state index contributed by atoms with van der Waals surface area (Å²) in [5, 5.41) is 12.2. The van der Waals surface area contributed by atoms with Gasteiger partial charge in [0.2, 0.25) is 5.91 Å². The molecular formula is C27H32F3NO2. The Morgan fingerprint density at radius 1 is 1.15 bits per heavy atom. The van der Waals surface area contributed by atoms with Crippen LogP contribution in [0.1, 0.15) is 59.4 Å². The zero-order chi connectivity index (χ0) is 24.8. The molecule has 178 valence electrons. The molecule has 0 atom stereocenters. The van der Waals surface area contributed by atoms with Gasteiger partial charge >= 0.3 is 6.18 Å². The van der Waals surface area contributed by atoms with Crippen molar-refractivity contribution in [2.75, 3.05) is 5.32 Å². The number of benzene rings is 1. The fraction of sp³-hybridized carbons (Fsp3) is 0.370. The summed E-state index contributed by atoms with van der Waals surface area (Å²) in [7, 11) is 0. The second kappa shape index (κ2) is 10.7. The zero-order valence-electron chi connectivity index (χ0n) is 19.8. The third-order valence-corrected chi connectivity index (χ3v) is 5.72. The van der Waals surface area contributed by atoms with Crippen LogP contribution in [0.4, 0.5) is 18.9 Å². The van der Waals surface area contributed by atoms with Gasteiger partial charge in [0, 0.05) is 6.08 Å². The molecule has 0 aromatic heterocycles. The molecule has 0 radical (unpaired) electrons. The smallest absolute Gasteiger partial charge is 0.416 e. The van der Waals surface area contributed by atoms with Gasteiger partial charge in [0.25, 0.3) is 0 Å². The van der Waals surface area contributed by atoms with Gasteiger partial charge in [-0.15, -0.1) is 0 Å². The number of allylic oxidation sites excluding steroid dienone is 9. The number of phenolic OH excluding ortho intramolecular Hbond substituents is 1. The van der Waals surface area contributed by atoms with E-state index in [1.54, 1.807) is 13.0 Å². The molecule has 0 fully saturated rings. The monoisotopic (exact) mass is 459 g/mol. The van der Waals surface area contributed by atoms with Crippen LogP contribution in [-0.4, -0.2) is 11.0 Å². The summed E-state index contributed by atoms with van der Waals surface area (Å²) >= 11 is 0. The van der Waals surface area contributed by atoms with Crippen LogP contribution >= 0.6 is 0 Å². The van der Waals surface area contributed by atoms with Crippen molar-refractivity contribution in [3.63, 3.8) is 0 Å². The van der Waals surface area contributed by atoms with E-state index in [9.17, 15) is 23.1 Å². The highest BCUT2D eigenvalue weighted by molar-refractivity contribution is 6.00. The molecule has 6 heteroatoms. The maximum Gasteiger partial charge on any atom is 0.416 e. The van der Waals surface area contributed by atoms with Gasteiger partial charge in [0.1, 0.15) is 5.75 Å². The van der Waals surface area contributed by atoms with Gasteiger partial charge < -0.3 is 10.4 Å². The van der Waals surface area contributed by atoms with E-state index in [0.717, 1.165) is 24.1 Å². The van der Waals surface area contributed by atoms with E-state index in [4.69, 9.17) is 0 Å². The first-order valence-electron chi connectivity index (χ1n) is 10.9. The fourth-order valence-electron chi connectivity index (χ4n) is 3.87. The van der Waals surface area contributed by atoms with Crippen LogP contribution < -0.4 is 5.32 Å². The number of rotatable bonds is 6. The van der Waals surface area contributed by atoms with Gasteiger partial charge in [-0.1, -0.05) is 55.4 Å². The molecule has 1 aromatic carbocycles. The SMILES string of the molecule is CC1=C(/C=C/C(C)=C/C=C/C(C)=C/C(=O)Nc2ccc(C(F)(F)F)cc2O)C(C)(C)CCC1. The standard InChI is InChI=1S/C27H32F3NO2/c1-18(11-13-22-20(3)10-7-15-26(22,4)5)8-6-9-19(2)16-25(33)31-23-14-12-21(17-24(23)32)27(28,29)30/h6,8-9,11-14,16-17,32H,7,10,15H2,1-5H3,(H,31,33)/b9-6+,13-11+,18-8+,19-16+. The number of anilines is 1. The van der Waals surface area contributed by atoms with Crippen LogP contribution in [-0.2, 0) is 11.0 Å². The lowest BCUT2D eigenvalue weighted by molar-refractivity contribution is -0.137. The Morgan fingerprint density at radius 2 is 1.85 bits per heavy atom. The molecule has 0 saturated heterocycles. The summed E-state index contributed by atoms with van der Waals surface area (Å²) in [5.74, 6) is -1.19. The number of carbonyl (C=O) groups excluding carboxylic acids is 1. The molecule has 3 nitrogen and oxygen atoms in total. The molecule has 0 bridgehead atoms. The number of hydrogen-bond acceptors (Lipinski definition) is 2. The molecule has 2 rings (SSSR count). The van der Waals surface area contributed by atoms with E-state index >= 15 is 0 Å². The van der Waals surface area contributed by atoms with Gasteiger partial charge in [-0.2, -0.15) is 13.2 Å². The Kier molecular flexibility index (Phi) is 8.53. The Labute approximate surface area is 194 Å². The minimum Gasteiger partial charge on any atom is -0.506 e. The number of halogens is 3. The van der Waals surface area contributed by atoms with E-state index in [1.807, 2.05) is 19.1 Å². The lowest BCUT2D eigenvalue weighted by Crippen LogP contribution is -2.19. The van der Waals surface area contributed by atoms with E-state index in [1.165, 1.54) is 30.1 Å². The highest BCUT2D eigenvalue weighted by Gasteiger charge is 2.31. The van der Waals surface area contributed by atoms with Crippen molar-refractivity contribution in [3.8, 4) is 5.75 Å². The van der Waals surface area contributed by atoms with Gasteiger partial charge in [-0.05, 0) is 74.8 Å². The van der Waals surface area contributed by atoms with E-state index in [0.29, 0.717) is 11.6 Å². The van der Waals surface area contributed by atoms with Crippen LogP contribution in [0.25, 0.3) is 0 Å². The van der Waals surface area contributed by atoms with Crippen molar-refractivity contribution >= 4 is 11.6 Å². The van der Waals surface area contributed by atoms with Gasteiger partial charge in [-0.3, -0.25) is 4.79 Å². The molecule has 33 heavy (non-hydrogen) atoms. The molecule has 1 aliphatic rings. The first kappa shape index (κ1) is 26.2. The lowest BCUT2D eigenvalue weighted by Gasteiger charge is -2.32. The molecule has 0 aliphatic heterocycles. The number of nitrogens with one attached hydrogen (secondary N) is 1. The van der Waals surface area contributed by atoms with Crippen LogP contribution in [0, 0.1) is 5.41 Å². The van der Waals surface area contributed by atoms with Crippen molar-refractivity contribution < 1.29 is 23.1 Å².